The normalized spacial score (nSPS) is 12.6. The van der Waals surface area contributed by atoms with Crippen molar-refractivity contribution in [1.29, 1.82) is 0 Å². The van der Waals surface area contributed by atoms with E-state index >= 15 is 0 Å². The van der Waals surface area contributed by atoms with Gasteiger partial charge in [-0.3, -0.25) is 4.79 Å². The Morgan fingerprint density at radius 3 is 2.48 bits per heavy atom. The Morgan fingerprint density at radius 2 is 1.81 bits per heavy atom. The zero-order chi connectivity index (χ0) is 22.0. The third-order valence-electron chi connectivity index (χ3n) is 4.42. The lowest BCUT2D eigenvalue weighted by atomic mass is 10.2. The summed E-state index contributed by atoms with van der Waals surface area (Å²) < 4.78 is 22.7. The van der Waals surface area contributed by atoms with Gasteiger partial charge in [-0.1, -0.05) is 36.0 Å². The minimum atomic E-state index is -3.78. The average Bonchev–Trinajstić information content (AvgIpc) is 3.28. The number of nitrogens with zero attached hydrogens (tertiary/aromatic N) is 2. The number of primary sulfonamides is 1. The Bertz CT molecular complexity index is 1340. The highest BCUT2D eigenvalue weighted by Crippen LogP contribution is 2.32. The predicted octanol–water partition coefficient (Wildman–Crippen LogP) is 4.13. The van der Waals surface area contributed by atoms with Gasteiger partial charge in [-0.2, -0.15) is 0 Å². The van der Waals surface area contributed by atoms with Crippen LogP contribution in [0.1, 0.15) is 6.92 Å². The van der Waals surface area contributed by atoms with E-state index in [4.69, 9.17) is 10.1 Å². The highest BCUT2D eigenvalue weighted by Gasteiger charge is 2.19. The summed E-state index contributed by atoms with van der Waals surface area (Å²) in [6, 6.07) is 17.3. The number of fused-ring (bicyclic) bond motifs is 1. The van der Waals surface area contributed by atoms with Gasteiger partial charge in [0.05, 0.1) is 20.5 Å². The molecule has 1 unspecified atom stereocenters. The number of carbonyl (C=O) groups excluding carboxylic acids is 1. The van der Waals surface area contributed by atoms with Crippen LogP contribution in [0.4, 0.5) is 5.69 Å². The van der Waals surface area contributed by atoms with Crippen molar-refractivity contribution in [2.75, 3.05) is 5.32 Å². The first-order chi connectivity index (χ1) is 14.8. The van der Waals surface area contributed by atoms with Crippen LogP contribution in [0, 0.1) is 0 Å². The molecular formula is C21H18N4O3S3. The number of anilines is 1. The Balaban J connectivity index is 1.56. The molecule has 4 rings (SSSR count). The maximum absolute atomic E-state index is 12.7. The van der Waals surface area contributed by atoms with Gasteiger partial charge in [0.2, 0.25) is 15.9 Å². The SMILES string of the molecule is CC(Sc1nc(-c2cccs2)nc2ccccc12)C(=O)Nc1ccc(S(N)(=O)=O)cc1. The summed E-state index contributed by atoms with van der Waals surface area (Å²) in [5.74, 6) is 0.399. The average molecular weight is 471 g/mol. The second-order valence-electron chi connectivity index (χ2n) is 6.67. The quantitative estimate of drug-likeness (QED) is 0.323. The second-order valence-corrected chi connectivity index (χ2v) is 10.5. The van der Waals surface area contributed by atoms with Gasteiger partial charge in [0.25, 0.3) is 0 Å². The molecule has 2 heterocycles. The smallest absolute Gasteiger partial charge is 0.238 e. The number of aromatic nitrogens is 2. The monoisotopic (exact) mass is 470 g/mol. The van der Waals surface area contributed by atoms with Crippen molar-refractivity contribution in [3.63, 3.8) is 0 Å². The highest BCUT2D eigenvalue weighted by atomic mass is 32.2. The maximum atomic E-state index is 12.7. The van der Waals surface area contributed by atoms with Crippen LogP contribution >= 0.6 is 23.1 Å². The van der Waals surface area contributed by atoms with Crippen molar-refractivity contribution in [2.24, 2.45) is 5.14 Å². The molecule has 158 valence electrons. The van der Waals surface area contributed by atoms with Crippen LogP contribution < -0.4 is 10.5 Å². The zero-order valence-corrected chi connectivity index (χ0v) is 18.8. The van der Waals surface area contributed by atoms with Crippen molar-refractivity contribution >= 4 is 55.6 Å². The topological polar surface area (TPSA) is 115 Å². The number of thioether (sulfide) groups is 1. The van der Waals surface area contributed by atoms with Gasteiger partial charge in [-0.05, 0) is 48.7 Å². The molecular weight excluding hydrogens is 452 g/mol. The number of amides is 1. The number of para-hydroxylation sites is 1. The van der Waals surface area contributed by atoms with Gasteiger partial charge in [0.15, 0.2) is 5.82 Å². The van der Waals surface area contributed by atoms with E-state index in [2.05, 4.69) is 10.3 Å². The molecule has 7 nitrogen and oxygen atoms in total. The van der Waals surface area contributed by atoms with E-state index in [-0.39, 0.29) is 10.8 Å². The summed E-state index contributed by atoms with van der Waals surface area (Å²) in [7, 11) is -3.78. The first-order valence-electron chi connectivity index (χ1n) is 9.22. The van der Waals surface area contributed by atoms with Crippen molar-refractivity contribution in [3.8, 4) is 10.7 Å². The molecule has 4 aromatic rings. The van der Waals surface area contributed by atoms with Crippen LogP contribution in [0.25, 0.3) is 21.6 Å². The van der Waals surface area contributed by atoms with Crippen molar-refractivity contribution in [2.45, 2.75) is 22.1 Å². The zero-order valence-electron chi connectivity index (χ0n) is 16.3. The third-order valence-corrected chi connectivity index (χ3v) is 7.31. The fourth-order valence-corrected chi connectivity index (χ4v) is 4.96. The lowest BCUT2D eigenvalue weighted by Crippen LogP contribution is -2.22. The number of sulfonamides is 1. The van der Waals surface area contributed by atoms with Crippen molar-refractivity contribution < 1.29 is 13.2 Å². The molecule has 1 atom stereocenters. The van der Waals surface area contributed by atoms with Gasteiger partial charge < -0.3 is 5.32 Å². The number of thiophene rings is 1. The Kier molecular flexibility index (Phi) is 6.05. The molecule has 2 aromatic heterocycles. The lowest BCUT2D eigenvalue weighted by molar-refractivity contribution is -0.115. The van der Waals surface area contributed by atoms with E-state index in [1.165, 1.54) is 36.0 Å². The summed E-state index contributed by atoms with van der Waals surface area (Å²) in [5.41, 5.74) is 1.30. The first-order valence-corrected chi connectivity index (χ1v) is 12.5. The van der Waals surface area contributed by atoms with Gasteiger partial charge >= 0.3 is 0 Å². The molecule has 0 aliphatic carbocycles. The number of hydrogen-bond donors (Lipinski definition) is 2. The molecule has 31 heavy (non-hydrogen) atoms. The number of benzene rings is 2. The molecule has 3 N–H and O–H groups in total. The Labute approximate surface area is 187 Å². The van der Waals surface area contributed by atoms with Crippen molar-refractivity contribution in [1.82, 2.24) is 9.97 Å². The summed E-state index contributed by atoms with van der Waals surface area (Å²) >= 11 is 2.90. The molecule has 0 aliphatic heterocycles. The van der Waals surface area contributed by atoms with Crippen LogP contribution in [-0.2, 0) is 14.8 Å². The third kappa shape index (κ3) is 4.93. The number of nitrogens with one attached hydrogen (secondary N) is 1. The van der Waals surface area contributed by atoms with E-state index in [0.717, 1.165) is 20.8 Å². The van der Waals surface area contributed by atoms with E-state index < -0.39 is 15.3 Å². The molecule has 0 saturated carbocycles. The largest absolute Gasteiger partial charge is 0.325 e. The Hall–Kier alpha value is -2.79. The maximum Gasteiger partial charge on any atom is 0.238 e. The highest BCUT2D eigenvalue weighted by molar-refractivity contribution is 8.00. The minimum Gasteiger partial charge on any atom is -0.325 e. The standard InChI is InChI=1S/C21H18N4O3S3/c1-13(20(26)23-14-8-10-15(11-9-14)31(22,27)28)30-21-16-5-2-3-6-17(16)24-19(25-21)18-7-4-12-29-18/h2-13H,1H3,(H,23,26)(H2,22,27,28). The fraction of sp³-hybridized carbons (Fsp3) is 0.0952. The van der Waals surface area contributed by atoms with Crippen molar-refractivity contribution in [3.05, 3.63) is 66.0 Å². The molecule has 0 spiro atoms. The van der Waals surface area contributed by atoms with E-state index in [1.54, 1.807) is 18.3 Å². The summed E-state index contributed by atoms with van der Waals surface area (Å²) in [6.07, 6.45) is 0. The predicted molar refractivity (Wildman–Crippen MR) is 125 cm³/mol. The summed E-state index contributed by atoms with van der Waals surface area (Å²) in [6.45, 7) is 1.79. The van der Waals surface area contributed by atoms with Gasteiger partial charge in [-0.25, -0.2) is 23.5 Å². The first kappa shape index (κ1) is 21.4. The van der Waals surface area contributed by atoms with Crippen LogP contribution in [0.3, 0.4) is 0 Å². The molecule has 1 amide bonds. The molecule has 0 saturated heterocycles. The second kappa shape index (κ2) is 8.75. The van der Waals surface area contributed by atoms with E-state index in [1.807, 2.05) is 41.8 Å². The number of hydrogen-bond acceptors (Lipinski definition) is 7. The van der Waals surface area contributed by atoms with E-state index in [9.17, 15) is 13.2 Å². The number of nitrogens with two attached hydrogens (primary N) is 1. The molecule has 0 bridgehead atoms. The van der Waals surface area contributed by atoms with Crippen LogP contribution in [0.15, 0.2) is 76.0 Å². The molecule has 0 aliphatic rings. The molecule has 2 aromatic carbocycles. The van der Waals surface area contributed by atoms with Gasteiger partial charge in [0, 0.05) is 11.1 Å². The summed E-state index contributed by atoms with van der Waals surface area (Å²) in [4.78, 5) is 23.0. The summed E-state index contributed by atoms with van der Waals surface area (Å²) in [5, 5.41) is 11.0. The van der Waals surface area contributed by atoms with E-state index in [0.29, 0.717) is 11.5 Å². The van der Waals surface area contributed by atoms with Crippen LogP contribution in [0.2, 0.25) is 0 Å². The van der Waals surface area contributed by atoms with Crippen LogP contribution in [0.5, 0.6) is 0 Å². The number of carbonyl (C=O) groups is 1. The fourth-order valence-electron chi connectivity index (χ4n) is 2.85. The minimum absolute atomic E-state index is 0.0125. The van der Waals surface area contributed by atoms with Gasteiger partial charge in [-0.15, -0.1) is 11.3 Å². The lowest BCUT2D eigenvalue weighted by Gasteiger charge is -2.14. The molecule has 0 radical (unpaired) electrons. The Morgan fingerprint density at radius 1 is 1.06 bits per heavy atom. The van der Waals surface area contributed by atoms with Crippen LogP contribution in [-0.4, -0.2) is 29.5 Å². The molecule has 10 heteroatoms. The number of rotatable bonds is 6. The molecule has 0 fully saturated rings. The van der Waals surface area contributed by atoms with Gasteiger partial charge in [0.1, 0.15) is 5.03 Å².